The number of likely N-dealkylation sites (tertiary alicyclic amines) is 1. The van der Waals surface area contributed by atoms with Crippen molar-refractivity contribution < 1.29 is 4.79 Å². The standard InChI is InChI=1S/C15H30N2OS/c1-12(2)4-5-13-6-9-17(10-7-13)15(18)14(16)8-11-19-3/h12-14H,4-11,16H2,1-3H3/t14-/m0/s1. The molecule has 0 spiro atoms. The lowest BCUT2D eigenvalue weighted by molar-refractivity contribution is -0.134. The normalized spacial score (nSPS) is 18.9. The molecule has 0 aromatic carbocycles. The summed E-state index contributed by atoms with van der Waals surface area (Å²) in [5, 5.41) is 0. The van der Waals surface area contributed by atoms with Gasteiger partial charge in [0.2, 0.25) is 5.91 Å². The second-order valence-corrected chi connectivity index (χ2v) is 7.11. The molecule has 2 N–H and O–H groups in total. The van der Waals surface area contributed by atoms with Crippen LogP contribution in [-0.4, -0.2) is 41.9 Å². The Balaban J connectivity index is 2.26. The lowest BCUT2D eigenvalue weighted by Gasteiger charge is -2.33. The number of carbonyl (C=O) groups is 1. The highest BCUT2D eigenvalue weighted by Crippen LogP contribution is 2.24. The van der Waals surface area contributed by atoms with Crippen molar-refractivity contribution in [2.45, 2.75) is 52.0 Å². The molecular weight excluding hydrogens is 256 g/mol. The van der Waals surface area contributed by atoms with E-state index in [0.29, 0.717) is 0 Å². The van der Waals surface area contributed by atoms with Gasteiger partial charge in [0.15, 0.2) is 0 Å². The summed E-state index contributed by atoms with van der Waals surface area (Å²) in [4.78, 5) is 14.2. The first kappa shape index (κ1) is 16.8. The molecule has 1 aliphatic heterocycles. The lowest BCUT2D eigenvalue weighted by Crippen LogP contribution is -2.47. The molecule has 0 aromatic heterocycles. The van der Waals surface area contributed by atoms with Gasteiger partial charge in [-0.25, -0.2) is 0 Å². The quantitative estimate of drug-likeness (QED) is 0.783. The monoisotopic (exact) mass is 286 g/mol. The number of carbonyl (C=O) groups excluding carboxylic acids is 1. The van der Waals surface area contributed by atoms with Gasteiger partial charge in [0, 0.05) is 13.1 Å². The Bertz CT molecular complexity index is 263. The first-order valence-corrected chi connectivity index (χ1v) is 8.97. The van der Waals surface area contributed by atoms with Gasteiger partial charge in [-0.1, -0.05) is 26.7 Å². The summed E-state index contributed by atoms with van der Waals surface area (Å²) in [7, 11) is 0. The third-order valence-corrected chi connectivity index (χ3v) is 4.67. The predicted molar refractivity (Wildman–Crippen MR) is 84.4 cm³/mol. The van der Waals surface area contributed by atoms with Crippen molar-refractivity contribution in [1.82, 2.24) is 4.90 Å². The van der Waals surface area contributed by atoms with Crippen LogP contribution >= 0.6 is 11.8 Å². The minimum atomic E-state index is -0.292. The Labute approximate surface area is 122 Å². The van der Waals surface area contributed by atoms with Gasteiger partial charge in [-0.3, -0.25) is 4.79 Å². The fourth-order valence-corrected chi connectivity index (χ4v) is 3.10. The van der Waals surface area contributed by atoms with Crippen LogP contribution in [0, 0.1) is 11.8 Å². The fraction of sp³-hybridized carbons (Fsp3) is 0.933. The molecule has 0 unspecified atom stereocenters. The Kier molecular flexibility index (Phi) is 7.84. The molecule has 1 rings (SSSR count). The van der Waals surface area contributed by atoms with Crippen LogP contribution in [0.25, 0.3) is 0 Å². The van der Waals surface area contributed by atoms with Gasteiger partial charge in [0.25, 0.3) is 0 Å². The summed E-state index contributed by atoms with van der Waals surface area (Å²) in [6.07, 6.45) is 7.80. The van der Waals surface area contributed by atoms with Gasteiger partial charge in [0.05, 0.1) is 6.04 Å². The fourth-order valence-electron chi connectivity index (χ4n) is 2.61. The maximum Gasteiger partial charge on any atom is 0.239 e. The molecule has 1 aliphatic rings. The molecular formula is C15H30N2OS. The number of piperidine rings is 1. The van der Waals surface area contributed by atoms with Gasteiger partial charge in [-0.15, -0.1) is 0 Å². The smallest absolute Gasteiger partial charge is 0.239 e. The molecule has 0 aliphatic carbocycles. The summed E-state index contributed by atoms with van der Waals surface area (Å²) in [6, 6.07) is -0.292. The third kappa shape index (κ3) is 6.17. The first-order valence-electron chi connectivity index (χ1n) is 7.58. The lowest BCUT2D eigenvalue weighted by atomic mass is 9.89. The minimum Gasteiger partial charge on any atom is -0.341 e. The van der Waals surface area contributed by atoms with E-state index in [1.54, 1.807) is 11.8 Å². The van der Waals surface area contributed by atoms with Crippen LogP contribution in [0.4, 0.5) is 0 Å². The van der Waals surface area contributed by atoms with Crippen LogP contribution in [0.5, 0.6) is 0 Å². The van der Waals surface area contributed by atoms with E-state index in [9.17, 15) is 4.79 Å². The van der Waals surface area contributed by atoms with E-state index in [1.165, 1.54) is 12.8 Å². The highest BCUT2D eigenvalue weighted by atomic mass is 32.2. The zero-order valence-electron chi connectivity index (χ0n) is 12.7. The van der Waals surface area contributed by atoms with E-state index >= 15 is 0 Å². The molecule has 1 heterocycles. The van der Waals surface area contributed by atoms with Gasteiger partial charge < -0.3 is 10.6 Å². The summed E-state index contributed by atoms with van der Waals surface area (Å²) < 4.78 is 0. The van der Waals surface area contributed by atoms with E-state index in [0.717, 1.165) is 49.9 Å². The Morgan fingerprint density at radius 3 is 2.47 bits per heavy atom. The zero-order valence-corrected chi connectivity index (χ0v) is 13.5. The SMILES string of the molecule is CSCC[C@H](N)C(=O)N1CCC(CCC(C)C)CC1. The number of nitrogens with zero attached hydrogens (tertiary/aromatic N) is 1. The molecule has 0 radical (unpaired) electrons. The zero-order chi connectivity index (χ0) is 14.3. The van der Waals surface area contributed by atoms with E-state index in [1.807, 2.05) is 4.90 Å². The predicted octanol–water partition coefficient (Wildman–Crippen LogP) is 2.74. The van der Waals surface area contributed by atoms with Crippen molar-refractivity contribution in [1.29, 1.82) is 0 Å². The van der Waals surface area contributed by atoms with Crippen LogP contribution in [0.2, 0.25) is 0 Å². The van der Waals surface area contributed by atoms with E-state index in [-0.39, 0.29) is 11.9 Å². The molecule has 112 valence electrons. The number of nitrogens with two attached hydrogens (primary N) is 1. The second kappa shape index (κ2) is 8.85. The largest absolute Gasteiger partial charge is 0.341 e. The average molecular weight is 286 g/mol. The Hall–Kier alpha value is -0.220. The number of rotatable bonds is 7. The van der Waals surface area contributed by atoms with E-state index in [4.69, 9.17) is 5.73 Å². The molecule has 1 atom stereocenters. The van der Waals surface area contributed by atoms with Gasteiger partial charge >= 0.3 is 0 Å². The van der Waals surface area contributed by atoms with Crippen LogP contribution in [0.15, 0.2) is 0 Å². The number of hydrogen-bond donors (Lipinski definition) is 1. The van der Waals surface area contributed by atoms with Gasteiger partial charge in [-0.2, -0.15) is 11.8 Å². The maximum absolute atomic E-state index is 12.2. The molecule has 1 fully saturated rings. The Morgan fingerprint density at radius 1 is 1.32 bits per heavy atom. The topological polar surface area (TPSA) is 46.3 Å². The molecule has 0 aromatic rings. The number of thioether (sulfide) groups is 1. The third-order valence-electron chi connectivity index (χ3n) is 4.03. The molecule has 1 saturated heterocycles. The van der Waals surface area contributed by atoms with Crippen molar-refractivity contribution in [2.75, 3.05) is 25.1 Å². The van der Waals surface area contributed by atoms with Crippen molar-refractivity contribution in [3.05, 3.63) is 0 Å². The maximum atomic E-state index is 12.2. The Morgan fingerprint density at radius 2 is 1.95 bits per heavy atom. The van der Waals surface area contributed by atoms with Crippen LogP contribution in [0.1, 0.15) is 46.0 Å². The van der Waals surface area contributed by atoms with Crippen molar-refractivity contribution >= 4 is 17.7 Å². The summed E-state index contributed by atoms with van der Waals surface area (Å²) >= 11 is 1.75. The second-order valence-electron chi connectivity index (χ2n) is 6.13. The minimum absolute atomic E-state index is 0.163. The van der Waals surface area contributed by atoms with Crippen molar-refractivity contribution in [3.8, 4) is 0 Å². The number of hydrogen-bond acceptors (Lipinski definition) is 3. The molecule has 3 nitrogen and oxygen atoms in total. The summed E-state index contributed by atoms with van der Waals surface area (Å²) in [5.74, 6) is 2.74. The molecule has 4 heteroatoms. The van der Waals surface area contributed by atoms with E-state index < -0.39 is 0 Å². The average Bonchev–Trinajstić information content (AvgIpc) is 2.42. The van der Waals surface area contributed by atoms with Crippen LogP contribution < -0.4 is 5.73 Å². The van der Waals surface area contributed by atoms with Crippen LogP contribution in [-0.2, 0) is 4.79 Å². The number of amides is 1. The summed E-state index contributed by atoms with van der Waals surface area (Å²) in [6.45, 7) is 6.38. The van der Waals surface area contributed by atoms with Crippen molar-refractivity contribution in [2.24, 2.45) is 17.6 Å². The van der Waals surface area contributed by atoms with Gasteiger partial charge in [0.1, 0.15) is 0 Å². The highest BCUT2D eigenvalue weighted by molar-refractivity contribution is 7.98. The van der Waals surface area contributed by atoms with E-state index in [2.05, 4.69) is 20.1 Å². The highest BCUT2D eigenvalue weighted by Gasteiger charge is 2.25. The van der Waals surface area contributed by atoms with Gasteiger partial charge in [-0.05, 0) is 43.1 Å². The summed E-state index contributed by atoms with van der Waals surface area (Å²) in [5.41, 5.74) is 5.96. The van der Waals surface area contributed by atoms with Crippen LogP contribution in [0.3, 0.4) is 0 Å². The molecule has 0 bridgehead atoms. The molecule has 1 amide bonds. The van der Waals surface area contributed by atoms with Crippen molar-refractivity contribution in [3.63, 3.8) is 0 Å². The molecule has 0 saturated carbocycles. The molecule has 19 heavy (non-hydrogen) atoms. The first-order chi connectivity index (χ1) is 9.04.